The third-order valence-corrected chi connectivity index (χ3v) is 3.33. The lowest BCUT2D eigenvalue weighted by molar-refractivity contribution is 0.0978. The highest BCUT2D eigenvalue weighted by molar-refractivity contribution is 6.72. The zero-order valence-corrected chi connectivity index (χ0v) is 11.6. The van der Waals surface area contributed by atoms with Crippen LogP contribution in [0.25, 0.3) is 0 Å². The zero-order chi connectivity index (χ0) is 13.7. The lowest BCUT2D eigenvalue weighted by atomic mass is 9.72. The van der Waals surface area contributed by atoms with E-state index in [1.54, 1.807) is 0 Å². The summed E-state index contributed by atoms with van der Waals surface area (Å²) in [5.41, 5.74) is 1.66. The summed E-state index contributed by atoms with van der Waals surface area (Å²) < 4.78 is 0. The summed E-state index contributed by atoms with van der Waals surface area (Å²) in [4.78, 5) is 14.0. The first-order valence-electron chi connectivity index (χ1n) is 6.85. The van der Waals surface area contributed by atoms with Crippen molar-refractivity contribution in [3.63, 3.8) is 0 Å². The molecule has 0 fully saturated rings. The molecule has 1 aliphatic heterocycles. The summed E-state index contributed by atoms with van der Waals surface area (Å²) >= 11 is 0. The van der Waals surface area contributed by atoms with Crippen LogP contribution in [-0.2, 0) is 0 Å². The molecular weight excluding hydrogens is 235 g/mol. The fourth-order valence-electron chi connectivity index (χ4n) is 2.18. The lowest BCUT2D eigenvalue weighted by Crippen LogP contribution is -2.54. The van der Waals surface area contributed by atoms with Crippen LogP contribution in [-0.4, -0.2) is 19.9 Å². The normalized spacial score (nSPS) is 13.5. The predicted octanol–water partition coefficient (Wildman–Crippen LogP) is 2.48. The van der Waals surface area contributed by atoms with Crippen molar-refractivity contribution in [1.29, 1.82) is 0 Å². The Hall–Kier alpha value is -1.89. The molecule has 98 valence electrons. The molecule has 1 aromatic carbocycles. The third kappa shape index (κ3) is 3.11. The van der Waals surface area contributed by atoms with Crippen LogP contribution in [0, 0.1) is 11.7 Å². The van der Waals surface area contributed by atoms with E-state index in [0.29, 0.717) is 5.56 Å². The molecule has 0 atom stereocenters. The molecule has 3 nitrogen and oxygen atoms in total. The molecule has 19 heavy (non-hydrogen) atoms. The molecule has 0 saturated heterocycles. The summed E-state index contributed by atoms with van der Waals surface area (Å²) in [7, 11) is 1.96. The van der Waals surface area contributed by atoms with Crippen LogP contribution >= 0.6 is 0 Å². The van der Waals surface area contributed by atoms with Gasteiger partial charge >= 0.3 is 6.98 Å². The largest absolute Gasteiger partial charge is 0.465 e. The molecule has 1 N–H and O–H groups in total. The summed E-state index contributed by atoms with van der Waals surface area (Å²) in [6.45, 7) is 1.96. The Bertz CT molecular complexity index is 518. The van der Waals surface area contributed by atoms with E-state index in [1.807, 2.05) is 36.1 Å². The van der Waals surface area contributed by atoms with Gasteiger partial charge in [-0.2, -0.15) is 0 Å². The van der Waals surface area contributed by atoms with Crippen molar-refractivity contribution in [1.82, 2.24) is 5.23 Å². The number of nitrogens with one attached hydrogen (secondary N) is 1. The topological polar surface area (TPSA) is 32.3 Å². The number of unbranched alkanes of at least 4 members (excludes halogenated alkanes) is 3. The molecule has 1 aromatic rings. The standard InChI is InChI=1S/C15H19BN2O/c1-3-4-5-6-9-12-16-17-15(19)13-10-7-8-11-14(13)18(16)2/h7-8,10-11H,3-6H2,1-2H3,(H,17,19). The van der Waals surface area contributed by atoms with Gasteiger partial charge in [0.1, 0.15) is 0 Å². The van der Waals surface area contributed by atoms with Gasteiger partial charge in [-0.15, -0.1) is 5.92 Å². The second-order valence-corrected chi connectivity index (χ2v) is 4.78. The minimum Gasteiger partial charge on any atom is -0.387 e. The van der Waals surface area contributed by atoms with Crippen molar-refractivity contribution < 1.29 is 4.79 Å². The number of amides is 1. The highest BCUT2D eigenvalue weighted by atomic mass is 16.1. The quantitative estimate of drug-likeness (QED) is 0.510. The Balaban J connectivity index is 2.07. The summed E-state index contributed by atoms with van der Waals surface area (Å²) in [6, 6.07) is 7.62. The molecule has 0 aliphatic carbocycles. The Morgan fingerprint density at radius 3 is 2.89 bits per heavy atom. The van der Waals surface area contributed by atoms with Crippen molar-refractivity contribution in [2.45, 2.75) is 32.6 Å². The summed E-state index contributed by atoms with van der Waals surface area (Å²) in [5, 5.41) is 2.93. The highest BCUT2D eigenvalue weighted by Gasteiger charge is 2.31. The Labute approximate surface area is 115 Å². The van der Waals surface area contributed by atoms with E-state index < -0.39 is 0 Å². The molecule has 0 bridgehead atoms. The van der Waals surface area contributed by atoms with Gasteiger partial charge in [0.25, 0.3) is 0 Å². The molecule has 1 amide bonds. The monoisotopic (exact) mass is 254 g/mol. The number of anilines is 1. The Kier molecular flexibility index (Phi) is 4.51. The smallest absolute Gasteiger partial charge is 0.387 e. The highest BCUT2D eigenvalue weighted by Crippen LogP contribution is 2.22. The number of carbonyl (C=O) groups excluding carboxylic acids is 1. The zero-order valence-electron chi connectivity index (χ0n) is 11.6. The average molecular weight is 254 g/mol. The molecule has 2 rings (SSSR count). The minimum absolute atomic E-state index is 0.0402. The number of hydrogen-bond acceptors (Lipinski definition) is 2. The first-order chi connectivity index (χ1) is 9.24. The molecule has 0 aromatic heterocycles. The van der Waals surface area contributed by atoms with E-state index in [1.165, 1.54) is 12.8 Å². The summed E-state index contributed by atoms with van der Waals surface area (Å²) in [6.07, 6.45) is 4.44. The first-order valence-corrected chi connectivity index (χ1v) is 6.85. The van der Waals surface area contributed by atoms with E-state index in [4.69, 9.17) is 0 Å². The van der Waals surface area contributed by atoms with Gasteiger partial charge in [0, 0.05) is 12.1 Å². The van der Waals surface area contributed by atoms with Crippen molar-refractivity contribution >= 4 is 18.6 Å². The van der Waals surface area contributed by atoms with Gasteiger partial charge in [0.15, 0.2) is 0 Å². The van der Waals surface area contributed by atoms with Crippen LogP contribution in [0.1, 0.15) is 43.0 Å². The van der Waals surface area contributed by atoms with Crippen LogP contribution in [0.2, 0.25) is 0 Å². The van der Waals surface area contributed by atoms with Crippen molar-refractivity contribution in [2.75, 3.05) is 11.9 Å². The molecule has 1 aliphatic rings. The van der Waals surface area contributed by atoms with Crippen molar-refractivity contribution in [3.05, 3.63) is 29.8 Å². The lowest BCUT2D eigenvalue weighted by Gasteiger charge is -2.30. The van der Waals surface area contributed by atoms with Gasteiger partial charge in [0.2, 0.25) is 5.91 Å². The number of carbonyl (C=O) groups is 1. The molecule has 1 heterocycles. The first kappa shape index (κ1) is 13.5. The average Bonchev–Trinajstić information content (AvgIpc) is 2.44. The van der Waals surface area contributed by atoms with Crippen LogP contribution in [0.4, 0.5) is 5.69 Å². The second-order valence-electron chi connectivity index (χ2n) is 4.78. The van der Waals surface area contributed by atoms with Crippen LogP contribution < -0.4 is 10.0 Å². The molecule has 0 radical (unpaired) electrons. The fraction of sp³-hybridized carbons (Fsp3) is 0.400. The number of para-hydroxylation sites is 1. The van der Waals surface area contributed by atoms with Crippen LogP contribution in [0.15, 0.2) is 24.3 Å². The number of fused-ring (bicyclic) bond motifs is 1. The number of rotatable bonds is 3. The molecule has 0 unspecified atom stereocenters. The van der Waals surface area contributed by atoms with Gasteiger partial charge in [0.05, 0.1) is 5.56 Å². The van der Waals surface area contributed by atoms with Crippen molar-refractivity contribution in [3.8, 4) is 11.7 Å². The Morgan fingerprint density at radius 1 is 1.32 bits per heavy atom. The van der Waals surface area contributed by atoms with E-state index in [9.17, 15) is 4.79 Å². The van der Waals surface area contributed by atoms with Gasteiger partial charge in [-0.25, -0.2) is 0 Å². The SMILES string of the molecule is CCCCCC#CB1NC(=O)c2ccccc2N1C. The fourth-order valence-corrected chi connectivity index (χ4v) is 2.18. The van der Waals surface area contributed by atoms with Crippen molar-refractivity contribution in [2.24, 2.45) is 0 Å². The Morgan fingerprint density at radius 2 is 2.11 bits per heavy atom. The van der Waals surface area contributed by atoms with E-state index in [-0.39, 0.29) is 12.9 Å². The van der Waals surface area contributed by atoms with E-state index in [2.05, 4.69) is 23.9 Å². The number of hydrogen-bond donors (Lipinski definition) is 1. The van der Waals surface area contributed by atoms with E-state index >= 15 is 0 Å². The maximum atomic E-state index is 12.0. The van der Waals surface area contributed by atoms with Gasteiger partial charge < -0.3 is 10.0 Å². The number of benzene rings is 1. The van der Waals surface area contributed by atoms with Crippen LogP contribution in [0.3, 0.4) is 0 Å². The maximum Gasteiger partial charge on any atom is 0.465 e. The van der Waals surface area contributed by atoms with Crippen LogP contribution in [0.5, 0.6) is 0 Å². The minimum atomic E-state index is -0.218. The molecule has 0 spiro atoms. The third-order valence-electron chi connectivity index (χ3n) is 3.33. The van der Waals surface area contributed by atoms with Gasteiger partial charge in [-0.1, -0.05) is 37.7 Å². The second kappa shape index (κ2) is 6.33. The molecule has 4 heteroatoms. The predicted molar refractivity (Wildman–Crippen MR) is 80.0 cm³/mol. The summed E-state index contributed by atoms with van der Waals surface area (Å²) in [5.74, 6) is 6.27. The molecule has 0 saturated carbocycles. The van der Waals surface area contributed by atoms with Gasteiger partial charge in [-0.3, -0.25) is 4.79 Å². The van der Waals surface area contributed by atoms with E-state index in [0.717, 1.165) is 18.5 Å². The molecular formula is C15H19BN2O. The maximum absolute atomic E-state index is 12.0. The number of nitrogens with zero attached hydrogens (tertiary/aromatic N) is 1. The van der Waals surface area contributed by atoms with Gasteiger partial charge in [-0.05, 0) is 25.6 Å².